The summed E-state index contributed by atoms with van der Waals surface area (Å²) in [5, 5.41) is 10.9. The molecule has 0 atom stereocenters. The van der Waals surface area contributed by atoms with Gasteiger partial charge in [0.15, 0.2) is 0 Å². The molecule has 0 radical (unpaired) electrons. The Hall–Kier alpha value is -3.40. The first-order chi connectivity index (χ1) is 16.7. The van der Waals surface area contributed by atoms with E-state index < -0.39 is 0 Å². The molecule has 1 heterocycles. The van der Waals surface area contributed by atoms with E-state index in [1.807, 2.05) is 18.2 Å². The summed E-state index contributed by atoms with van der Waals surface area (Å²) in [6, 6.07) is 9.21. The van der Waals surface area contributed by atoms with Crippen LogP contribution in [-0.2, 0) is 12.8 Å². The van der Waals surface area contributed by atoms with Gasteiger partial charge < -0.3 is 19.0 Å². The van der Waals surface area contributed by atoms with Crippen LogP contribution in [0.4, 0.5) is 0 Å². The number of hydrogen-bond donors (Lipinski definition) is 1. The van der Waals surface area contributed by atoms with Crippen molar-refractivity contribution >= 4 is 11.0 Å². The van der Waals surface area contributed by atoms with Crippen LogP contribution in [0.1, 0.15) is 58.6 Å². The normalized spacial score (nSPS) is 11.5. The average Bonchev–Trinajstić information content (AvgIpc) is 3.23. The van der Waals surface area contributed by atoms with Crippen molar-refractivity contribution in [1.82, 2.24) is 0 Å². The Morgan fingerprint density at radius 3 is 2.06 bits per heavy atom. The number of benzene rings is 2. The van der Waals surface area contributed by atoms with Crippen LogP contribution in [-0.4, -0.2) is 19.3 Å². The molecule has 0 amide bonds. The van der Waals surface area contributed by atoms with E-state index in [0.717, 1.165) is 52.2 Å². The molecule has 2 aromatic carbocycles. The fourth-order valence-electron chi connectivity index (χ4n) is 4.20. The van der Waals surface area contributed by atoms with E-state index in [1.165, 1.54) is 16.7 Å². The summed E-state index contributed by atoms with van der Waals surface area (Å²) >= 11 is 0. The summed E-state index contributed by atoms with van der Waals surface area (Å²) in [7, 11) is 3.38. The number of phenolic OH excluding ortho intramolecular Hbond substituents is 1. The summed E-state index contributed by atoms with van der Waals surface area (Å²) in [6.45, 7) is 10.6. The van der Waals surface area contributed by atoms with Gasteiger partial charge in [0, 0.05) is 34.2 Å². The highest BCUT2D eigenvalue weighted by atomic mass is 16.5. The molecule has 0 aliphatic carbocycles. The Kier molecular flexibility index (Phi) is 8.86. The fraction of sp³-hybridized carbons (Fsp3) is 0.355. The van der Waals surface area contributed by atoms with Crippen LogP contribution in [0.3, 0.4) is 0 Å². The van der Waals surface area contributed by atoms with Crippen LogP contribution < -0.4 is 9.47 Å². The molecule has 4 heteroatoms. The summed E-state index contributed by atoms with van der Waals surface area (Å²) in [5.41, 5.74) is 7.68. The topological polar surface area (TPSA) is 51.8 Å². The summed E-state index contributed by atoms with van der Waals surface area (Å²) < 4.78 is 18.0. The molecule has 0 saturated heterocycles. The Morgan fingerprint density at radius 2 is 1.46 bits per heavy atom. The van der Waals surface area contributed by atoms with Crippen LogP contribution >= 0.6 is 0 Å². The molecule has 0 bridgehead atoms. The van der Waals surface area contributed by atoms with Crippen LogP contribution in [0.15, 0.2) is 69.7 Å². The third-order valence-electron chi connectivity index (χ3n) is 6.11. The van der Waals surface area contributed by atoms with Gasteiger partial charge in [-0.1, -0.05) is 34.9 Å². The second-order valence-corrected chi connectivity index (χ2v) is 9.51. The summed E-state index contributed by atoms with van der Waals surface area (Å²) in [4.78, 5) is 0. The molecule has 0 aliphatic heterocycles. The van der Waals surface area contributed by atoms with Crippen molar-refractivity contribution in [1.29, 1.82) is 0 Å². The highest BCUT2D eigenvalue weighted by Gasteiger charge is 2.22. The maximum atomic E-state index is 9.96. The predicted molar refractivity (Wildman–Crippen MR) is 146 cm³/mol. The average molecular weight is 475 g/mol. The van der Waals surface area contributed by atoms with Crippen molar-refractivity contribution in [2.24, 2.45) is 0 Å². The van der Waals surface area contributed by atoms with Crippen LogP contribution in [0.5, 0.6) is 17.2 Å². The van der Waals surface area contributed by atoms with Gasteiger partial charge in [-0.2, -0.15) is 0 Å². The number of fused-ring (bicyclic) bond motifs is 1. The SMILES string of the molecule is COc1cc(OC)c(C/C=C(\C)CCC=C(C)C)c(-c2cc3ccc(O)cc3o2)c1CC=C(C)C. The van der Waals surface area contributed by atoms with Gasteiger partial charge in [0.25, 0.3) is 0 Å². The summed E-state index contributed by atoms with van der Waals surface area (Å²) in [6.07, 6.45) is 10.2. The highest BCUT2D eigenvalue weighted by molar-refractivity contribution is 5.86. The molecule has 1 N–H and O–H groups in total. The number of hydrogen-bond acceptors (Lipinski definition) is 4. The maximum Gasteiger partial charge on any atom is 0.138 e. The Labute approximate surface area is 209 Å². The Balaban J connectivity index is 2.20. The molecular formula is C31H38O4. The van der Waals surface area contributed by atoms with Crippen LogP contribution in [0, 0.1) is 0 Å². The van der Waals surface area contributed by atoms with Gasteiger partial charge in [0.2, 0.25) is 0 Å². The largest absolute Gasteiger partial charge is 0.508 e. The Bertz CT molecular complexity index is 1260. The molecule has 1 aromatic heterocycles. The number of phenols is 1. The van der Waals surface area contributed by atoms with Crippen molar-refractivity contribution in [2.75, 3.05) is 14.2 Å². The van der Waals surface area contributed by atoms with Crippen molar-refractivity contribution in [3.8, 4) is 28.6 Å². The van der Waals surface area contributed by atoms with Gasteiger partial charge in [-0.3, -0.25) is 0 Å². The van der Waals surface area contributed by atoms with Crippen molar-refractivity contribution in [2.45, 2.75) is 60.3 Å². The lowest BCUT2D eigenvalue weighted by Crippen LogP contribution is -2.03. The molecule has 3 aromatic rings. The third kappa shape index (κ3) is 6.60. The quantitative estimate of drug-likeness (QED) is 0.299. The van der Waals surface area contributed by atoms with Gasteiger partial charge in [0.05, 0.1) is 14.2 Å². The fourth-order valence-corrected chi connectivity index (χ4v) is 4.20. The second-order valence-electron chi connectivity index (χ2n) is 9.51. The molecule has 186 valence electrons. The van der Waals surface area contributed by atoms with Gasteiger partial charge in [-0.15, -0.1) is 0 Å². The maximum absolute atomic E-state index is 9.96. The first-order valence-electron chi connectivity index (χ1n) is 12.2. The number of allylic oxidation sites excluding steroid dienone is 6. The molecule has 0 spiro atoms. The number of ether oxygens (including phenoxy) is 2. The zero-order chi connectivity index (χ0) is 25.5. The lowest BCUT2D eigenvalue weighted by molar-refractivity contribution is 0.389. The minimum atomic E-state index is 0.182. The van der Waals surface area contributed by atoms with E-state index in [9.17, 15) is 5.11 Å². The van der Waals surface area contributed by atoms with Gasteiger partial charge in [-0.05, 0) is 78.5 Å². The molecule has 3 rings (SSSR count). The molecule has 0 fully saturated rings. The minimum absolute atomic E-state index is 0.182. The lowest BCUT2D eigenvalue weighted by Gasteiger charge is -2.19. The highest BCUT2D eigenvalue weighted by Crippen LogP contribution is 2.43. The predicted octanol–water partition coefficient (Wildman–Crippen LogP) is 8.57. The van der Waals surface area contributed by atoms with E-state index in [-0.39, 0.29) is 5.75 Å². The molecule has 0 unspecified atom stereocenters. The third-order valence-corrected chi connectivity index (χ3v) is 6.11. The van der Waals surface area contributed by atoms with Crippen molar-refractivity contribution in [3.05, 3.63) is 76.4 Å². The number of aromatic hydroxyl groups is 1. The monoisotopic (exact) mass is 474 g/mol. The van der Waals surface area contributed by atoms with E-state index in [1.54, 1.807) is 26.4 Å². The Morgan fingerprint density at radius 1 is 0.829 bits per heavy atom. The molecule has 4 nitrogen and oxygen atoms in total. The molecule has 0 saturated carbocycles. The van der Waals surface area contributed by atoms with E-state index in [2.05, 4.69) is 52.8 Å². The van der Waals surface area contributed by atoms with E-state index in [4.69, 9.17) is 13.9 Å². The standard InChI is InChI=1S/C31H38O4/c1-20(2)9-8-10-22(5)12-16-26-29(34-7)19-28(33-6)25(15-11-21(3)4)31(26)30-17-23-13-14-24(32)18-27(23)35-30/h9,11-14,17-19,32H,8,10,15-16H2,1-7H3/b22-12+. The van der Waals surface area contributed by atoms with Crippen LogP contribution in [0.25, 0.3) is 22.3 Å². The van der Waals surface area contributed by atoms with E-state index >= 15 is 0 Å². The zero-order valence-electron chi connectivity index (χ0n) is 22.1. The number of rotatable bonds is 10. The van der Waals surface area contributed by atoms with Gasteiger partial charge >= 0.3 is 0 Å². The zero-order valence-corrected chi connectivity index (χ0v) is 22.1. The minimum Gasteiger partial charge on any atom is -0.508 e. The number of methoxy groups -OCH3 is 2. The molecular weight excluding hydrogens is 436 g/mol. The van der Waals surface area contributed by atoms with E-state index in [0.29, 0.717) is 18.4 Å². The smallest absolute Gasteiger partial charge is 0.138 e. The first-order valence-corrected chi connectivity index (χ1v) is 12.2. The van der Waals surface area contributed by atoms with Crippen molar-refractivity contribution in [3.63, 3.8) is 0 Å². The molecule has 35 heavy (non-hydrogen) atoms. The number of furan rings is 1. The lowest BCUT2D eigenvalue weighted by atomic mass is 9.91. The van der Waals surface area contributed by atoms with Gasteiger partial charge in [0.1, 0.15) is 28.6 Å². The van der Waals surface area contributed by atoms with Gasteiger partial charge in [-0.25, -0.2) is 0 Å². The molecule has 0 aliphatic rings. The van der Waals surface area contributed by atoms with Crippen molar-refractivity contribution < 1.29 is 19.0 Å². The second kappa shape index (κ2) is 11.8. The van der Waals surface area contributed by atoms with Crippen LogP contribution in [0.2, 0.25) is 0 Å². The summed E-state index contributed by atoms with van der Waals surface area (Å²) in [5.74, 6) is 2.46. The first kappa shape index (κ1) is 26.2.